The molecule has 1 aliphatic rings. The minimum atomic E-state index is -0.0711. The molecule has 2 N–H and O–H groups in total. The lowest BCUT2D eigenvalue weighted by molar-refractivity contribution is 0.0922. The second kappa shape index (κ2) is 7.07. The molecule has 0 unspecified atom stereocenters. The zero-order chi connectivity index (χ0) is 15.2. The monoisotopic (exact) mass is 295 g/mol. The van der Waals surface area contributed by atoms with E-state index >= 15 is 0 Å². The highest BCUT2D eigenvalue weighted by molar-refractivity contribution is 5.92. The van der Waals surface area contributed by atoms with Crippen molar-refractivity contribution in [1.82, 2.24) is 10.3 Å². The zero-order valence-electron chi connectivity index (χ0n) is 12.6. The summed E-state index contributed by atoms with van der Waals surface area (Å²) >= 11 is 0. The molecular weight excluding hydrogens is 274 g/mol. The quantitative estimate of drug-likeness (QED) is 0.899. The lowest BCUT2D eigenvalue weighted by atomic mass is 9.95. The number of nitrogens with one attached hydrogen (secondary N) is 2. The van der Waals surface area contributed by atoms with Gasteiger partial charge in [0.25, 0.3) is 5.91 Å². The fourth-order valence-corrected chi connectivity index (χ4v) is 2.80. The van der Waals surface area contributed by atoms with Crippen LogP contribution in [0.5, 0.6) is 0 Å². The maximum absolute atomic E-state index is 12.2. The number of pyridine rings is 1. The minimum Gasteiger partial charge on any atom is -0.354 e. The highest BCUT2D eigenvalue weighted by Gasteiger charge is 2.17. The first-order valence-corrected chi connectivity index (χ1v) is 7.90. The van der Waals surface area contributed by atoms with E-state index in [0.717, 1.165) is 24.2 Å². The molecule has 0 saturated heterocycles. The van der Waals surface area contributed by atoms with Gasteiger partial charge in [-0.25, -0.2) is 4.98 Å². The van der Waals surface area contributed by atoms with Crippen molar-refractivity contribution in [1.29, 1.82) is 0 Å². The van der Waals surface area contributed by atoms with Crippen LogP contribution in [0.2, 0.25) is 0 Å². The zero-order valence-corrected chi connectivity index (χ0v) is 12.6. The smallest absolute Gasteiger partial charge is 0.270 e. The summed E-state index contributed by atoms with van der Waals surface area (Å²) in [4.78, 5) is 16.5. The Labute approximate surface area is 131 Å². The first-order chi connectivity index (χ1) is 10.8. The summed E-state index contributed by atoms with van der Waals surface area (Å²) in [5.74, 6) is -0.0711. The molecule has 0 bridgehead atoms. The van der Waals surface area contributed by atoms with Crippen LogP contribution in [0.15, 0.2) is 48.7 Å². The second-order valence-electron chi connectivity index (χ2n) is 5.73. The van der Waals surface area contributed by atoms with Gasteiger partial charge >= 0.3 is 0 Å². The highest BCUT2D eigenvalue weighted by atomic mass is 16.1. The third-order valence-electron chi connectivity index (χ3n) is 4.00. The summed E-state index contributed by atoms with van der Waals surface area (Å²) in [5.41, 5.74) is 2.35. The number of nitrogens with zero attached hydrogens (tertiary/aromatic N) is 1. The standard InChI is InChI=1S/C18H21N3O/c22-18(21-15-9-5-2-6-10-15)17-12-11-16(13-19-17)20-14-7-3-1-4-8-14/h1,3-4,7-8,11-13,15,20H,2,5-6,9-10H2,(H,21,22). The molecule has 1 amide bonds. The van der Waals surface area contributed by atoms with Crippen LogP contribution in [0.1, 0.15) is 42.6 Å². The number of rotatable bonds is 4. The Morgan fingerprint density at radius 2 is 1.73 bits per heavy atom. The fraction of sp³-hybridized carbons (Fsp3) is 0.333. The maximum atomic E-state index is 12.2. The van der Waals surface area contributed by atoms with E-state index in [2.05, 4.69) is 15.6 Å². The summed E-state index contributed by atoms with van der Waals surface area (Å²) < 4.78 is 0. The van der Waals surface area contributed by atoms with Gasteiger partial charge in [0, 0.05) is 11.7 Å². The van der Waals surface area contributed by atoms with Crippen molar-refractivity contribution in [3.8, 4) is 0 Å². The van der Waals surface area contributed by atoms with Gasteiger partial charge in [-0.3, -0.25) is 4.79 Å². The van der Waals surface area contributed by atoms with Crippen molar-refractivity contribution < 1.29 is 4.79 Å². The number of amides is 1. The van der Waals surface area contributed by atoms with Crippen molar-refractivity contribution in [2.24, 2.45) is 0 Å². The predicted molar refractivity (Wildman–Crippen MR) is 88.3 cm³/mol. The number of hydrogen-bond acceptors (Lipinski definition) is 3. The average molecular weight is 295 g/mol. The minimum absolute atomic E-state index is 0.0711. The number of carbonyl (C=O) groups is 1. The van der Waals surface area contributed by atoms with Gasteiger partial charge < -0.3 is 10.6 Å². The van der Waals surface area contributed by atoms with Crippen molar-refractivity contribution >= 4 is 17.3 Å². The first kappa shape index (κ1) is 14.6. The van der Waals surface area contributed by atoms with E-state index in [4.69, 9.17) is 0 Å². The predicted octanol–water partition coefficient (Wildman–Crippen LogP) is 3.89. The second-order valence-corrected chi connectivity index (χ2v) is 5.73. The normalized spacial score (nSPS) is 15.3. The van der Waals surface area contributed by atoms with Gasteiger partial charge in [0.15, 0.2) is 0 Å². The molecule has 22 heavy (non-hydrogen) atoms. The van der Waals surface area contributed by atoms with E-state index < -0.39 is 0 Å². The topological polar surface area (TPSA) is 54.0 Å². The molecule has 2 aromatic rings. The maximum Gasteiger partial charge on any atom is 0.270 e. The molecule has 1 aromatic carbocycles. The average Bonchev–Trinajstić information content (AvgIpc) is 2.57. The molecule has 0 atom stereocenters. The van der Waals surface area contributed by atoms with Crippen LogP contribution in [0.4, 0.5) is 11.4 Å². The van der Waals surface area contributed by atoms with Crippen LogP contribution >= 0.6 is 0 Å². The summed E-state index contributed by atoms with van der Waals surface area (Å²) in [5, 5.41) is 6.34. The Kier molecular flexibility index (Phi) is 4.68. The van der Waals surface area contributed by atoms with Crippen LogP contribution in [0.25, 0.3) is 0 Å². The molecule has 0 aliphatic heterocycles. The Morgan fingerprint density at radius 3 is 2.41 bits per heavy atom. The number of aromatic nitrogens is 1. The van der Waals surface area contributed by atoms with E-state index in [1.807, 2.05) is 36.4 Å². The van der Waals surface area contributed by atoms with E-state index in [0.29, 0.717) is 11.7 Å². The summed E-state index contributed by atoms with van der Waals surface area (Å²) in [6, 6.07) is 13.9. The Bertz CT molecular complexity index is 604. The summed E-state index contributed by atoms with van der Waals surface area (Å²) in [6.07, 6.45) is 7.56. The molecule has 114 valence electrons. The van der Waals surface area contributed by atoms with Crippen LogP contribution < -0.4 is 10.6 Å². The van der Waals surface area contributed by atoms with Crippen LogP contribution in [0, 0.1) is 0 Å². The Balaban J connectivity index is 1.59. The van der Waals surface area contributed by atoms with Crippen molar-refractivity contribution in [3.05, 3.63) is 54.4 Å². The van der Waals surface area contributed by atoms with Crippen LogP contribution in [-0.2, 0) is 0 Å². The molecule has 4 nitrogen and oxygen atoms in total. The molecule has 0 spiro atoms. The Hall–Kier alpha value is -2.36. The lowest BCUT2D eigenvalue weighted by Gasteiger charge is -2.22. The third-order valence-corrected chi connectivity index (χ3v) is 4.00. The molecule has 1 fully saturated rings. The van der Waals surface area contributed by atoms with Crippen molar-refractivity contribution in [3.63, 3.8) is 0 Å². The van der Waals surface area contributed by atoms with E-state index in [9.17, 15) is 4.79 Å². The van der Waals surface area contributed by atoms with Crippen LogP contribution in [0.3, 0.4) is 0 Å². The number of carbonyl (C=O) groups excluding carboxylic acids is 1. The number of anilines is 2. The molecule has 0 radical (unpaired) electrons. The molecule has 1 aromatic heterocycles. The van der Waals surface area contributed by atoms with E-state index in [-0.39, 0.29) is 5.91 Å². The molecule has 3 rings (SSSR count). The highest BCUT2D eigenvalue weighted by Crippen LogP contribution is 2.18. The van der Waals surface area contributed by atoms with E-state index in [1.54, 1.807) is 12.3 Å². The third kappa shape index (κ3) is 3.85. The van der Waals surface area contributed by atoms with Gasteiger partial charge in [0.2, 0.25) is 0 Å². The van der Waals surface area contributed by atoms with Gasteiger partial charge in [-0.15, -0.1) is 0 Å². The number of hydrogen-bond donors (Lipinski definition) is 2. The Morgan fingerprint density at radius 1 is 0.955 bits per heavy atom. The largest absolute Gasteiger partial charge is 0.354 e. The van der Waals surface area contributed by atoms with Gasteiger partial charge in [0.1, 0.15) is 5.69 Å². The van der Waals surface area contributed by atoms with Gasteiger partial charge in [-0.1, -0.05) is 37.5 Å². The van der Waals surface area contributed by atoms with Crippen molar-refractivity contribution in [2.45, 2.75) is 38.1 Å². The summed E-state index contributed by atoms with van der Waals surface area (Å²) in [6.45, 7) is 0. The fourth-order valence-electron chi connectivity index (χ4n) is 2.80. The van der Waals surface area contributed by atoms with E-state index in [1.165, 1.54) is 19.3 Å². The molecule has 1 heterocycles. The number of para-hydroxylation sites is 1. The summed E-state index contributed by atoms with van der Waals surface area (Å²) in [7, 11) is 0. The van der Waals surface area contributed by atoms with Gasteiger partial charge in [-0.2, -0.15) is 0 Å². The van der Waals surface area contributed by atoms with Crippen LogP contribution in [-0.4, -0.2) is 16.9 Å². The first-order valence-electron chi connectivity index (χ1n) is 7.90. The SMILES string of the molecule is O=C(NC1CCCCC1)c1ccc(Nc2ccccc2)cn1. The molecule has 1 aliphatic carbocycles. The molecular formula is C18H21N3O. The molecule has 4 heteroatoms. The molecule has 1 saturated carbocycles. The van der Waals surface area contributed by atoms with Gasteiger partial charge in [-0.05, 0) is 37.1 Å². The van der Waals surface area contributed by atoms with Crippen molar-refractivity contribution in [2.75, 3.05) is 5.32 Å². The van der Waals surface area contributed by atoms with Gasteiger partial charge in [0.05, 0.1) is 11.9 Å². The lowest BCUT2D eigenvalue weighted by Crippen LogP contribution is -2.36. The number of benzene rings is 1.